The maximum Gasteiger partial charge on any atom is 0.234 e. The van der Waals surface area contributed by atoms with Gasteiger partial charge in [0.05, 0.1) is 25.8 Å². The largest absolute Gasteiger partial charge is 0.394 e. The molecule has 1 amide bonds. The monoisotopic (exact) mass is 190 g/mol. The Bertz CT molecular complexity index is 141. The number of methoxy groups -OCH3 is 1. The molecule has 1 unspecified atom stereocenters. The number of nitrogens with one attached hydrogen (secondary N) is 2. The predicted octanol–water partition coefficient (Wildman–Crippen LogP) is -1.28. The van der Waals surface area contributed by atoms with Crippen molar-refractivity contribution in [3.05, 3.63) is 0 Å². The Balaban J connectivity index is 3.60. The highest BCUT2D eigenvalue weighted by Gasteiger charge is 2.09. The van der Waals surface area contributed by atoms with Crippen molar-refractivity contribution >= 4 is 5.91 Å². The van der Waals surface area contributed by atoms with Gasteiger partial charge in [-0.2, -0.15) is 0 Å². The lowest BCUT2D eigenvalue weighted by Gasteiger charge is -2.14. The third kappa shape index (κ3) is 6.51. The van der Waals surface area contributed by atoms with Gasteiger partial charge in [0.15, 0.2) is 0 Å². The number of ether oxygens (including phenoxy) is 1. The van der Waals surface area contributed by atoms with Gasteiger partial charge in [0, 0.05) is 7.11 Å². The lowest BCUT2D eigenvalue weighted by atomic mass is 10.3. The van der Waals surface area contributed by atoms with E-state index < -0.39 is 0 Å². The number of carbonyl (C=O) groups excluding carboxylic acids is 1. The van der Waals surface area contributed by atoms with Crippen LogP contribution in [-0.4, -0.2) is 50.5 Å². The van der Waals surface area contributed by atoms with E-state index in [9.17, 15) is 4.79 Å². The molecule has 13 heavy (non-hydrogen) atoms. The molecule has 0 fully saturated rings. The number of amides is 1. The smallest absolute Gasteiger partial charge is 0.234 e. The van der Waals surface area contributed by atoms with Crippen LogP contribution in [0.2, 0.25) is 0 Å². The fraction of sp³-hybridized carbons (Fsp3) is 0.875. The summed E-state index contributed by atoms with van der Waals surface area (Å²) in [6, 6.07) is -0.309. The van der Waals surface area contributed by atoms with Gasteiger partial charge in [0.2, 0.25) is 5.91 Å². The summed E-state index contributed by atoms with van der Waals surface area (Å²) in [4.78, 5) is 11.1. The maximum absolute atomic E-state index is 11.1. The van der Waals surface area contributed by atoms with Crippen LogP contribution in [0.1, 0.15) is 6.92 Å². The first-order chi connectivity index (χ1) is 6.24. The maximum atomic E-state index is 11.1. The molecule has 0 aromatic heterocycles. The second-order valence-electron chi connectivity index (χ2n) is 2.68. The molecule has 0 aromatic rings. The van der Waals surface area contributed by atoms with Crippen LogP contribution in [0.15, 0.2) is 0 Å². The van der Waals surface area contributed by atoms with Crippen LogP contribution < -0.4 is 10.6 Å². The second-order valence-corrected chi connectivity index (χ2v) is 2.68. The standard InChI is InChI=1S/C8H18N2O3/c1-3-9-4-8(12)10-7(5-11)6-13-2/h7,9,11H,3-6H2,1-2H3,(H,10,12). The third-order valence-electron chi connectivity index (χ3n) is 1.49. The van der Waals surface area contributed by atoms with Gasteiger partial charge in [-0.25, -0.2) is 0 Å². The molecule has 0 aromatic carbocycles. The molecule has 0 saturated heterocycles. The number of rotatable bonds is 7. The Hall–Kier alpha value is -0.650. The molecule has 0 aliphatic heterocycles. The van der Waals surface area contributed by atoms with Gasteiger partial charge in [-0.15, -0.1) is 0 Å². The minimum atomic E-state index is -0.309. The van der Waals surface area contributed by atoms with E-state index in [1.54, 1.807) is 0 Å². The Morgan fingerprint density at radius 1 is 1.62 bits per heavy atom. The average Bonchev–Trinajstić information content (AvgIpc) is 2.14. The predicted molar refractivity (Wildman–Crippen MR) is 49.4 cm³/mol. The van der Waals surface area contributed by atoms with Crippen molar-refractivity contribution in [1.82, 2.24) is 10.6 Å². The molecule has 0 aliphatic rings. The molecule has 0 heterocycles. The minimum absolute atomic E-state index is 0.105. The summed E-state index contributed by atoms with van der Waals surface area (Å²) in [5.74, 6) is -0.127. The summed E-state index contributed by atoms with van der Waals surface area (Å²) in [5.41, 5.74) is 0. The van der Waals surface area contributed by atoms with Crippen molar-refractivity contribution < 1.29 is 14.6 Å². The molecule has 0 aliphatic carbocycles. The van der Waals surface area contributed by atoms with E-state index in [0.29, 0.717) is 6.61 Å². The summed E-state index contributed by atoms with van der Waals surface area (Å²) in [5, 5.41) is 14.3. The van der Waals surface area contributed by atoms with Crippen molar-refractivity contribution in [1.29, 1.82) is 0 Å². The Morgan fingerprint density at radius 2 is 2.31 bits per heavy atom. The van der Waals surface area contributed by atoms with Crippen molar-refractivity contribution in [2.45, 2.75) is 13.0 Å². The Morgan fingerprint density at radius 3 is 2.77 bits per heavy atom. The lowest BCUT2D eigenvalue weighted by molar-refractivity contribution is -0.121. The van der Waals surface area contributed by atoms with Gasteiger partial charge in [-0.1, -0.05) is 6.92 Å². The number of likely N-dealkylation sites (N-methyl/N-ethyl adjacent to an activating group) is 1. The highest BCUT2D eigenvalue weighted by atomic mass is 16.5. The van der Waals surface area contributed by atoms with E-state index in [1.807, 2.05) is 6.92 Å². The first-order valence-corrected chi connectivity index (χ1v) is 4.34. The molecule has 0 rings (SSSR count). The molecular weight excluding hydrogens is 172 g/mol. The van der Waals surface area contributed by atoms with Crippen LogP contribution in [-0.2, 0) is 9.53 Å². The van der Waals surface area contributed by atoms with Crippen molar-refractivity contribution in [3.63, 3.8) is 0 Å². The fourth-order valence-corrected chi connectivity index (χ4v) is 0.858. The van der Waals surface area contributed by atoms with Gasteiger partial charge in [-0.05, 0) is 6.54 Å². The molecule has 78 valence electrons. The van der Waals surface area contributed by atoms with E-state index in [1.165, 1.54) is 7.11 Å². The van der Waals surface area contributed by atoms with Crippen LogP contribution in [0.3, 0.4) is 0 Å². The molecule has 1 atom stereocenters. The number of hydrogen-bond acceptors (Lipinski definition) is 4. The molecule has 0 radical (unpaired) electrons. The zero-order chi connectivity index (χ0) is 10.1. The molecule has 5 nitrogen and oxygen atoms in total. The molecule has 0 spiro atoms. The minimum Gasteiger partial charge on any atom is -0.394 e. The molecule has 3 N–H and O–H groups in total. The van der Waals surface area contributed by atoms with E-state index in [0.717, 1.165) is 6.54 Å². The molecular formula is C8H18N2O3. The van der Waals surface area contributed by atoms with Crippen molar-refractivity contribution in [2.75, 3.05) is 33.4 Å². The lowest BCUT2D eigenvalue weighted by Crippen LogP contribution is -2.44. The summed E-state index contributed by atoms with van der Waals surface area (Å²) in [6.07, 6.45) is 0. The number of carbonyl (C=O) groups is 1. The van der Waals surface area contributed by atoms with Gasteiger partial charge in [-0.3, -0.25) is 4.79 Å². The number of aliphatic hydroxyl groups excluding tert-OH is 1. The fourth-order valence-electron chi connectivity index (χ4n) is 0.858. The van der Waals surface area contributed by atoms with Crippen LogP contribution in [0.4, 0.5) is 0 Å². The highest BCUT2D eigenvalue weighted by Crippen LogP contribution is 1.82. The zero-order valence-electron chi connectivity index (χ0n) is 8.17. The first-order valence-electron chi connectivity index (χ1n) is 4.34. The van der Waals surface area contributed by atoms with E-state index in [2.05, 4.69) is 10.6 Å². The SMILES string of the molecule is CCNCC(=O)NC(CO)COC. The van der Waals surface area contributed by atoms with Crippen LogP contribution in [0.5, 0.6) is 0 Å². The van der Waals surface area contributed by atoms with Gasteiger partial charge in [0.25, 0.3) is 0 Å². The van der Waals surface area contributed by atoms with Gasteiger partial charge < -0.3 is 20.5 Å². The quantitative estimate of drug-likeness (QED) is 0.467. The molecule has 0 bridgehead atoms. The number of aliphatic hydroxyl groups is 1. The van der Waals surface area contributed by atoms with Gasteiger partial charge >= 0.3 is 0 Å². The van der Waals surface area contributed by atoms with Crippen molar-refractivity contribution in [2.24, 2.45) is 0 Å². The molecule has 5 heteroatoms. The third-order valence-corrected chi connectivity index (χ3v) is 1.49. The van der Waals surface area contributed by atoms with E-state index in [-0.39, 0.29) is 25.1 Å². The van der Waals surface area contributed by atoms with Crippen LogP contribution >= 0.6 is 0 Å². The topological polar surface area (TPSA) is 70.6 Å². The van der Waals surface area contributed by atoms with Crippen LogP contribution in [0.25, 0.3) is 0 Å². The number of hydrogen-bond donors (Lipinski definition) is 3. The average molecular weight is 190 g/mol. The van der Waals surface area contributed by atoms with E-state index >= 15 is 0 Å². The molecule has 0 saturated carbocycles. The van der Waals surface area contributed by atoms with Crippen molar-refractivity contribution in [3.8, 4) is 0 Å². The Labute approximate surface area is 78.5 Å². The zero-order valence-corrected chi connectivity index (χ0v) is 8.17. The summed E-state index contributed by atoms with van der Waals surface area (Å²) < 4.78 is 4.81. The summed E-state index contributed by atoms with van der Waals surface area (Å²) >= 11 is 0. The normalized spacial score (nSPS) is 12.5. The second kappa shape index (κ2) is 7.97. The van der Waals surface area contributed by atoms with E-state index in [4.69, 9.17) is 9.84 Å². The Kier molecular flexibility index (Phi) is 7.57. The summed E-state index contributed by atoms with van der Waals surface area (Å²) in [6.45, 7) is 3.17. The summed E-state index contributed by atoms with van der Waals surface area (Å²) in [7, 11) is 1.53. The highest BCUT2D eigenvalue weighted by molar-refractivity contribution is 5.78. The first kappa shape index (κ1) is 12.3. The van der Waals surface area contributed by atoms with Crippen LogP contribution in [0, 0.1) is 0 Å². The van der Waals surface area contributed by atoms with Gasteiger partial charge in [0.1, 0.15) is 0 Å².